The summed E-state index contributed by atoms with van der Waals surface area (Å²) in [6.07, 6.45) is 3.97. The Morgan fingerprint density at radius 2 is 1.86 bits per heavy atom. The first kappa shape index (κ1) is 13.9. The van der Waals surface area contributed by atoms with E-state index in [4.69, 9.17) is 4.74 Å². The average Bonchev–Trinajstić information content (AvgIpc) is 2.15. The van der Waals surface area contributed by atoms with E-state index in [1.807, 2.05) is 0 Å². The highest BCUT2D eigenvalue weighted by Gasteiger charge is 2.12. The summed E-state index contributed by atoms with van der Waals surface area (Å²) in [6.45, 7) is 11.8. The summed E-state index contributed by atoms with van der Waals surface area (Å²) in [6, 6.07) is 0. The molecular weight excluding hydrogens is 174 g/mol. The van der Waals surface area contributed by atoms with Crippen LogP contribution >= 0.6 is 0 Å². The molecule has 1 N–H and O–H groups in total. The molecule has 2 nitrogen and oxygen atoms in total. The van der Waals surface area contributed by atoms with Gasteiger partial charge in [-0.3, -0.25) is 0 Å². The van der Waals surface area contributed by atoms with Gasteiger partial charge in [0.15, 0.2) is 0 Å². The molecule has 86 valence electrons. The Balaban J connectivity index is 3.55. The maximum atomic E-state index is 5.83. The fourth-order valence-electron chi connectivity index (χ4n) is 1.29. The molecule has 1 unspecified atom stereocenters. The van der Waals surface area contributed by atoms with Crippen LogP contribution in [0.5, 0.6) is 0 Å². The van der Waals surface area contributed by atoms with Crippen molar-refractivity contribution in [3.8, 4) is 0 Å². The number of hydrogen-bond donors (Lipinski definition) is 1. The molecule has 0 saturated heterocycles. The zero-order valence-electron chi connectivity index (χ0n) is 10.3. The van der Waals surface area contributed by atoms with Crippen LogP contribution in [0.4, 0.5) is 0 Å². The van der Waals surface area contributed by atoms with Gasteiger partial charge >= 0.3 is 0 Å². The first-order chi connectivity index (χ1) is 6.72. The van der Waals surface area contributed by atoms with Crippen molar-refractivity contribution >= 4 is 0 Å². The molecule has 0 rings (SSSR count). The lowest BCUT2D eigenvalue weighted by Gasteiger charge is -2.21. The normalized spacial score (nSPS) is 13.5. The predicted octanol–water partition coefficient (Wildman–Crippen LogP) is 2.83. The van der Waals surface area contributed by atoms with Gasteiger partial charge in [-0.2, -0.15) is 0 Å². The minimum Gasteiger partial charge on any atom is -0.377 e. The van der Waals surface area contributed by atoms with Crippen molar-refractivity contribution in [2.24, 2.45) is 5.92 Å². The van der Waals surface area contributed by atoms with Crippen LogP contribution in [-0.2, 0) is 4.74 Å². The van der Waals surface area contributed by atoms with E-state index < -0.39 is 0 Å². The Labute approximate surface area is 89.4 Å². The molecule has 0 saturated carbocycles. The lowest BCUT2D eigenvalue weighted by atomic mass is 10.1. The van der Waals surface area contributed by atoms with Crippen molar-refractivity contribution in [2.45, 2.75) is 53.1 Å². The number of nitrogens with one attached hydrogen (secondary N) is 1. The SMILES string of the molecule is CCCCOC(CNCCC)C(C)C. The van der Waals surface area contributed by atoms with Crippen LogP contribution in [0.1, 0.15) is 47.0 Å². The molecule has 0 aliphatic carbocycles. The first-order valence-electron chi connectivity index (χ1n) is 6.04. The zero-order chi connectivity index (χ0) is 10.8. The molecule has 0 aliphatic heterocycles. The largest absolute Gasteiger partial charge is 0.377 e. The van der Waals surface area contributed by atoms with Crippen LogP contribution in [-0.4, -0.2) is 25.8 Å². The topological polar surface area (TPSA) is 21.3 Å². The Bertz CT molecular complexity index is 105. The molecule has 0 aromatic carbocycles. The van der Waals surface area contributed by atoms with Gasteiger partial charge in [0.05, 0.1) is 6.10 Å². The number of unbranched alkanes of at least 4 members (excludes halogenated alkanes) is 1. The number of rotatable bonds is 9. The minimum absolute atomic E-state index is 0.382. The Morgan fingerprint density at radius 1 is 1.14 bits per heavy atom. The van der Waals surface area contributed by atoms with Crippen LogP contribution in [0.15, 0.2) is 0 Å². The zero-order valence-corrected chi connectivity index (χ0v) is 10.3. The molecule has 0 spiro atoms. The van der Waals surface area contributed by atoms with Gasteiger partial charge in [-0.1, -0.05) is 34.1 Å². The van der Waals surface area contributed by atoms with Gasteiger partial charge in [0, 0.05) is 13.2 Å². The average molecular weight is 201 g/mol. The molecule has 0 fully saturated rings. The summed E-state index contributed by atoms with van der Waals surface area (Å²) < 4.78 is 5.83. The Kier molecular flexibility index (Phi) is 9.42. The van der Waals surface area contributed by atoms with E-state index in [2.05, 4.69) is 33.0 Å². The van der Waals surface area contributed by atoms with Gasteiger partial charge < -0.3 is 10.1 Å². The molecule has 0 aliphatic rings. The third kappa shape index (κ3) is 7.34. The molecule has 0 aromatic heterocycles. The van der Waals surface area contributed by atoms with Crippen LogP contribution in [0, 0.1) is 5.92 Å². The molecule has 0 amide bonds. The highest BCUT2D eigenvalue weighted by molar-refractivity contribution is 4.65. The van der Waals surface area contributed by atoms with Crippen LogP contribution in [0.2, 0.25) is 0 Å². The summed E-state index contributed by atoms with van der Waals surface area (Å²) in [7, 11) is 0. The van der Waals surface area contributed by atoms with E-state index in [-0.39, 0.29) is 0 Å². The third-order valence-corrected chi connectivity index (χ3v) is 2.35. The maximum absolute atomic E-state index is 5.83. The van der Waals surface area contributed by atoms with Gasteiger partial charge in [-0.05, 0) is 25.3 Å². The monoisotopic (exact) mass is 201 g/mol. The molecular formula is C12H27NO. The van der Waals surface area contributed by atoms with Gasteiger partial charge in [0.25, 0.3) is 0 Å². The smallest absolute Gasteiger partial charge is 0.0722 e. The number of hydrogen-bond acceptors (Lipinski definition) is 2. The fraction of sp³-hybridized carbons (Fsp3) is 1.00. The lowest BCUT2D eigenvalue weighted by molar-refractivity contribution is 0.0215. The highest BCUT2D eigenvalue weighted by atomic mass is 16.5. The van der Waals surface area contributed by atoms with Crippen molar-refractivity contribution in [1.82, 2.24) is 5.32 Å². The van der Waals surface area contributed by atoms with E-state index in [0.717, 1.165) is 19.7 Å². The van der Waals surface area contributed by atoms with Crippen LogP contribution in [0.25, 0.3) is 0 Å². The molecule has 0 radical (unpaired) electrons. The second-order valence-electron chi connectivity index (χ2n) is 4.21. The van der Waals surface area contributed by atoms with Gasteiger partial charge in [-0.15, -0.1) is 0 Å². The summed E-state index contributed by atoms with van der Waals surface area (Å²) >= 11 is 0. The highest BCUT2D eigenvalue weighted by Crippen LogP contribution is 2.06. The minimum atomic E-state index is 0.382. The summed E-state index contributed by atoms with van der Waals surface area (Å²) in [5.74, 6) is 0.608. The third-order valence-electron chi connectivity index (χ3n) is 2.35. The fourth-order valence-corrected chi connectivity index (χ4v) is 1.29. The first-order valence-corrected chi connectivity index (χ1v) is 6.04. The number of ether oxygens (including phenoxy) is 1. The van der Waals surface area contributed by atoms with Gasteiger partial charge in [0.2, 0.25) is 0 Å². The molecule has 2 heteroatoms. The quantitative estimate of drug-likeness (QED) is 0.579. The summed E-state index contributed by atoms with van der Waals surface area (Å²) in [5.41, 5.74) is 0. The van der Waals surface area contributed by atoms with Crippen molar-refractivity contribution in [3.05, 3.63) is 0 Å². The van der Waals surface area contributed by atoms with Crippen molar-refractivity contribution < 1.29 is 4.74 Å². The second kappa shape index (κ2) is 9.47. The predicted molar refractivity (Wildman–Crippen MR) is 62.6 cm³/mol. The lowest BCUT2D eigenvalue weighted by Crippen LogP contribution is -2.33. The molecule has 1 atom stereocenters. The van der Waals surface area contributed by atoms with E-state index in [0.29, 0.717) is 12.0 Å². The molecule has 0 aromatic rings. The summed E-state index contributed by atoms with van der Waals surface area (Å²) in [4.78, 5) is 0. The second-order valence-corrected chi connectivity index (χ2v) is 4.21. The van der Waals surface area contributed by atoms with Crippen LogP contribution < -0.4 is 5.32 Å². The van der Waals surface area contributed by atoms with E-state index >= 15 is 0 Å². The summed E-state index contributed by atoms with van der Waals surface area (Å²) in [5, 5.41) is 3.42. The Morgan fingerprint density at radius 3 is 2.36 bits per heavy atom. The maximum Gasteiger partial charge on any atom is 0.0722 e. The van der Waals surface area contributed by atoms with Gasteiger partial charge in [0.1, 0.15) is 0 Å². The molecule has 0 bridgehead atoms. The van der Waals surface area contributed by atoms with Crippen molar-refractivity contribution in [2.75, 3.05) is 19.7 Å². The Hall–Kier alpha value is -0.0800. The van der Waals surface area contributed by atoms with E-state index in [9.17, 15) is 0 Å². The molecule has 0 heterocycles. The van der Waals surface area contributed by atoms with Crippen molar-refractivity contribution in [3.63, 3.8) is 0 Å². The van der Waals surface area contributed by atoms with Crippen LogP contribution in [0.3, 0.4) is 0 Å². The van der Waals surface area contributed by atoms with Crippen molar-refractivity contribution in [1.29, 1.82) is 0 Å². The van der Waals surface area contributed by atoms with E-state index in [1.54, 1.807) is 0 Å². The molecule has 14 heavy (non-hydrogen) atoms. The standard InChI is InChI=1S/C12H27NO/c1-5-7-9-14-12(11(3)4)10-13-8-6-2/h11-13H,5-10H2,1-4H3. The van der Waals surface area contributed by atoms with Gasteiger partial charge in [-0.25, -0.2) is 0 Å². The van der Waals surface area contributed by atoms with E-state index in [1.165, 1.54) is 19.3 Å².